The van der Waals surface area contributed by atoms with Crippen molar-refractivity contribution in [2.45, 2.75) is 64.7 Å². The number of ether oxygens (including phenoxy) is 1. The summed E-state index contributed by atoms with van der Waals surface area (Å²) < 4.78 is 31.5. The van der Waals surface area contributed by atoms with E-state index in [1.807, 2.05) is 19.9 Å². The van der Waals surface area contributed by atoms with E-state index >= 15 is 0 Å². The summed E-state index contributed by atoms with van der Waals surface area (Å²) in [4.78, 5) is 12.7. The summed E-state index contributed by atoms with van der Waals surface area (Å²) in [6.45, 7) is 11.2. The average Bonchev–Trinajstić information content (AvgIpc) is 2.86. The highest BCUT2D eigenvalue weighted by molar-refractivity contribution is 7.95. The average molecular weight is 564 g/mol. The third-order valence-electron chi connectivity index (χ3n) is 6.20. The number of nitrogens with two attached hydrogens (primary N) is 1. The second-order valence-electron chi connectivity index (χ2n) is 9.79. The molecular weight excluding hydrogens is 526 g/mol. The molecule has 3 rings (SSSR count). The predicted molar refractivity (Wildman–Crippen MR) is 155 cm³/mol. The molecule has 1 fully saturated rings. The Hall–Kier alpha value is -2.89. The monoisotopic (exact) mass is 563 g/mol. The van der Waals surface area contributed by atoms with Crippen molar-refractivity contribution in [2.24, 2.45) is 10.7 Å². The number of aromatic nitrogens is 2. The van der Waals surface area contributed by atoms with Crippen LogP contribution in [0.25, 0.3) is 0 Å². The van der Waals surface area contributed by atoms with Crippen molar-refractivity contribution in [1.82, 2.24) is 15.3 Å². The Morgan fingerprint density at radius 2 is 1.95 bits per heavy atom. The van der Waals surface area contributed by atoms with E-state index in [1.54, 1.807) is 13.8 Å². The zero-order valence-corrected chi connectivity index (χ0v) is 24.4. The summed E-state index contributed by atoms with van der Waals surface area (Å²) in [7, 11) is -2.23. The minimum atomic E-state index is -3.74. The Balaban J connectivity index is 1.98. The second-order valence-corrected chi connectivity index (χ2v) is 12.7. The fourth-order valence-corrected chi connectivity index (χ4v) is 5.24. The van der Waals surface area contributed by atoms with Gasteiger partial charge < -0.3 is 26.4 Å². The molecule has 12 heteroatoms. The van der Waals surface area contributed by atoms with Gasteiger partial charge in [-0.25, -0.2) is 13.4 Å². The second kappa shape index (κ2) is 12.8. The SMILES string of the molecule is CN=CC(Nc1nc(Nc2cc(C)c(C3CCNCC3)cc2OC(C)C)ncc1Cl)=C(N)S(=O)(=O)C(C)C. The van der Waals surface area contributed by atoms with Crippen molar-refractivity contribution < 1.29 is 13.2 Å². The normalized spacial score (nSPS) is 15.7. The van der Waals surface area contributed by atoms with Gasteiger partial charge in [-0.15, -0.1) is 0 Å². The maximum Gasteiger partial charge on any atom is 0.229 e. The first-order chi connectivity index (χ1) is 17.9. The zero-order chi connectivity index (χ0) is 28.0. The van der Waals surface area contributed by atoms with Gasteiger partial charge in [-0.1, -0.05) is 11.6 Å². The molecule has 1 aromatic carbocycles. The van der Waals surface area contributed by atoms with Crippen LogP contribution in [0.3, 0.4) is 0 Å². The van der Waals surface area contributed by atoms with E-state index in [1.165, 1.54) is 25.0 Å². The van der Waals surface area contributed by atoms with Crippen LogP contribution in [0, 0.1) is 6.92 Å². The largest absolute Gasteiger partial charge is 0.489 e. The van der Waals surface area contributed by atoms with E-state index in [0.717, 1.165) is 37.2 Å². The molecular formula is C26H38ClN7O3S. The van der Waals surface area contributed by atoms with Crippen molar-refractivity contribution in [2.75, 3.05) is 30.8 Å². The lowest BCUT2D eigenvalue weighted by molar-refractivity contribution is 0.243. The van der Waals surface area contributed by atoms with Crippen molar-refractivity contribution >= 4 is 45.1 Å². The van der Waals surface area contributed by atoms with E-state index < -0.39 is 15.1 Å². The van der Waals surface area contributed by atoms with Gasteiger partial charge in [0.2, 0.25) is 5.95 Å². The van der Waals surface area contributed by atoms with E-state index in [0.29, 0.717) is 11.7 Å². The van der Waals surface area contributed by atoms with Crippen molar-refractivity contribution in [3.05, 3.63) is 45.2 Å². The molecule has 1 aromatic heterocycles. The van der Waals surface area contributed by atoms with Gasteiger partial charge in [-0.3, -0.25) is 4.99 Å². The molecule has 1 aliphatic rings. The Morgan fingerprint density at radius 3 is 2.55 bits per heavy atom. The molecule has 2 heterocycles. The molecule has 0 spiro atoms. The van der Waals surface area contributed by atoms with Gasteiger partial charge in [0.05, 0.1) is 28.9 Å². The Kier molecular flexibility index (Phi) is 9.97. The van der Waals surface area contributed by atoms with Crippen LogP contribution in [0.4, 0.5) is 17.5 Å². The number of allylic oxidation sites excluding steroid dienone is 1. The molecule has 2 aromatic rings. The van der Waals surface area contributed by atoms with Gasteiger partial charge in [0, 0.05) is 13.3 Å². The number of sulfone groups is 1. The van der Waals surface area contributed by atoms with Gasteiger partial charge >= 0.3 is 0 Å². The van der Waals surface area contributed by atoms with Crippen LogP contribution in [0.15, 0.2) is 34.0 Å². The first-order valence-electron chi connectivity index (χ1n) is 12.7. The Morgan fingerprint density at radius 1 is 1.26 bits per heavy atom. The predicted octanol–water partition coefficient (Wildman–Crippen LogP) is 4.50. The molecule has 0 bridgehead atoms. The number of rotatable bonds is 10. The third-order valence-corrected chi connectivity index (χ3v) is 8.56. The molecule has 0 saturated carbocycles. The summed E-state index contributed by atoms with van der Waals surface area (Å²) in [6, 6.07) is 4.15. The van der Waals surface area contributed by atoms with Gasteiger partial charge in [-0.05, 0) is 89.7 Å². The first kappa shape index (κ1) is 29.7. The molecule has 0 radical (unpaired) electrons. The maximum atomic E-state index is 12.6. The number of piperidine rings is 1. The van der Waals surface area contributed by atoms with Crippen LogP contribution < -0.4 is 26.4 Å². The molecule has 5 N–H and O–H groups in total. The number of nitrogens with one attached hydrogen (secondary N) is 3. The molecule has 10 nitrogen and oxygen atoms in total. The summed E-state index contributed by atoms with van der Waals surface area (Å²) in [5.74, 6) is 1.60. The molecule has 1 saturated heterocycles. The van der Waals surface area contributed by atoms with Crippen LogP contribution in [0.2, 0.25) is 5.02 Å². The van der Waals surface area contributed by atoms with E-state index in [2.05, 4.69) is 43.9 Å². The van der Waals surface area contributed by atoms with E-state index in [9.17, 15) is 8.42 Å². The van der Waals surface area contributed by atoms with Crippen molar-refractivity contribution in [1.29, 1.82) is 0 Å². The molecule has 1 aliphatic heterocycles. The van der Waals surface area contributed by atoms with Crippen LogP contribution in [-0.4, -0.2) is 56.1 Å². The fourth-order valence-electron chi connectivity index (χ4n) is 4.18. The van der Waals surface area contributed by atoms with E-state index in [4.69, 9.17) is 22.1 Å². The number of nitrogens with zero attached hydrogens (tertiary/aromatic N) is 3. The number of aliphatic imine (C=N–C) groups is 1. The van der Waals surface area contributed by atoms with Crippen LogP contribution in [0.5, 0.6) is 5.75 Å². The number of aryl methyl sites for hydroxylation is 1. The van der Waals surface area contributed by atoms with Gasteiger partial charge in [0.25, 0.3) is 0 Å². The summed E-state index contributed by atoms with van der Waals surface area (Å²) in [6.07, 6.45) is 4.87. The molecule has 0 atom stereocenters. The van der Waals surface area contributed by atoms with Crippen molar-refractivity contribution in [3.8, 4) is 5.75 Å². The topological polar surface area (TPSA) is 144 Å². The molecule has 38 heavy (non-hydrogen) atoms. The third kappa shape index (κ3) is 7.15. The van der Waals surface area contributed by atoms with E-state index in [-0.39, 0.29) is 33.6 Å². The lowest BCUT2D eigenvalue weighted by atomic mass is 9.87. The maximum absolute atomic E-state index is 12.6. The van der Waals surface area contributed by atoms with Crippen LogP contribution >= 0.6 is 11.6 Å². The highest BCUT2D eigenvalue weighted by atomic mass is 35.5. The lowest BCUT2D eigenvalue weighted by Crippen LogP contribution is -2.27. The van der Waals surface area contributed by atoms with Crippen molar-refractivity contribution in [3.63, 3.8) is 0 Å². The highest BCUT2D eigenvalue weighted by Gasteiger charge is 2.24. The van der Waals surface area contributed by atoms with Crippen LogP contribution in [-0.2, 0) is 9.84 Å². The Bertz CT molecular complexity index is 1300. The lowest BCUT2D eigenvalue weighted by Gasteiger charge is -2.26. The zero-order valence-electron chi connectivity index (χ0n) is 22.8. The standard InChI is InChI=1S/C26H38ClN7O3S/c1-15(2)37-23-12-19(18-7-9-30-10-8-18)17(5)11-21(23)33-26-31-13-20(27)25(34-26)32-22(14-29-6)24(28)38(35,36)16(3)4/h11-16,18,30H,7-10,28H2,1-6H3,(H2,31,32,33,34). The van der Waals surface area contributed by atoms with Crippen LogP contribution in [0.1, 0.15) is 57.6 Å². The van der Waals surface area contributed by atoms with Gasteiger partial charge in [0.1, 0.15) is 10.8 Å². The smallest absolute Gasteiger partial charge is 0.229 e. The quantitative estimate of drug-likeness (QED) is 0.307. The number of hydrogen-bond donors (Lipinski definition) is 4. The number of benzene rings is 1. The number of hydrogen-bond acceptors (Lipinski definition) is 10. The minimum Gasteiger partial charge on any atom is -0.489 e. The molecule has 0 unspecified atom stereocenters. The number of anilines is 3. The molecule has 208 valence electrons. The molecule has 0 amide bonds. The molecule has 0 aliphatic carbocycles. The first-order valence-corrected chi connectivity index (χ1v) is 14.6. The number of halogens is 1. The van der Waals surface area contributed by atoms with Gasteiger partial charge in [0.15, 0.2) is 20.7 Å². The highest BCUT2D eigenvalue weighted by Crippen LogP contribution is 2.37. The fraction of sp³-hybridized carbons (Fsp3) is 0.500. The summed E-state index contributed by atoms with van der Waals surface area (Å²) in [5.41, 5.74) is 9.23. The summed E-state index contributed by atoms with van der Waals surface area (Å²) in [5, 5.41) is 8.70. The minimum absolute atomic E-state index is 0.0330. The van der Waals surface area contributed by atoms with Gasteiger partial charge in [-0.2, -0.15) is 4.98 Å². The Labute approximate surface area is 230 Å². The summed E-state index contributed by atoms with van der Waals surface area (Å²) >= 11 is 6.35.